The summed E-state index contributed by atoms with van der Waals surface area (Å²) in [5.41, 5.74) is 8.70. The van der Waals surface area contributed by atoms with Crippen LogP contribution in [0, 0.1) is 0 Å². The summed E-state index contributed by atoms with van der Waals surface area (Å²) >= 11 is 0. The number of nitrogens with two attached hydrogens (primary N) is 1. The van der Waals surface area contributed by atoms with Crippen LogP contribution in [0.25, 0.3) is 6.08 Å². The van der Waals surface area contributed by atoms with Crippen molar-refractivity contribution in [1.29, 1.82) is 0 Å². The third-order valence-electron chi connectivity index (χ3n) is 3.43. The van der Waals surface area contributed by atoms with E-state index in [1.54, 1.807) is 0 Å². The van der Waals surface area contributed by atoms with Crippen LogP contribution in [0.3, 0.4) is 0 Å². The molecule has 1 atom stereocenters. The molecular formula is C17H27N. The second-order valence-corrected chi connectivity index (χ2v) is 5.09. The third kappa shape index (κ3) is 6.02. The molecule has 0 aliphatic carbocycles. The fourth-order valence-corrected chi connectivity index (χ4v) is 2.19. The van der Waals surface area contributed by atoms with Gasteiger partial charge >= 0.3 is 0 Å². The van der Waals surface area contributed by atoms with E-state index in [0.717, 1.165) is 12.8 Å². The fraction of sp³-hybridized carbons (Fsp3) is 0.529. The molecule has 18 heavy (non-hydrogen) atoms. The Morgan fingerprint density at radius 2 is 1.78 bits per heavy atom. The Balaban J connectivity index is 2.18. The Morgan fingerprint density at radius 1 is 1.11 bits per heavy atom. The van der Waals surface area contributed by atoms with E-state index in [9.17, 15) is 0 Å². The normalized spacial score (nSPS) is 12.3. The molecule has 2 N–H and O–H groups in total. The summed E-state index contributed by atoms with van der Waals surface area (Å²) in [6, 6.07) is 9.04. The molecule has 0 aliphatic heterocycles. The Morgan fingerprint density at radius 3 is 2.39 bits per heavy atom. The summed E-state index contributed by atoms with van der Waals surface area (Å²) in [4.78, 5) is 0. The molecule has 0 bridgehead atoms. The molecule has 1 aromatic carbocycles. The van der Waals surface area contributed by atoms with Crippen molar-refractivity contribution >= 4 is 6.08 Å². The van der Waals surface area contributed by atoms with Crippen LogP contribution in [0.4, 0.5) is 0 Å². The van der Waals surface area contributed by atoms with Gasteiger partial charge in [0.1, 0.15) is 0 Å². The van der Waals surface area contributed by atoms with E-state index in [1.807, 2.05) is 6.08 Å². The molecule has 100 valence electrons. The topological polar surface area (TPSA) is 26.0 Å². The highest BCUT2D eigenvalue weighted by Crippen LogP contribution is 2.11. The Labute approximate surface area is 112 Å². The van der Waals surface area contributed by atoms with E-state index in [1.165, 1.54) is 43.2 Å². The van der Waals surface area contributed by atoms with Gasteiger partial charge in [-0.25, -0.2) is 0 Å². The molecule has 0 aromatic heterocycles. The van der Waals surface area contributed by atoms with Crippen LogP contribution in [-0.4, -0.2) is 6.04 Å². The quantitative estimate of drug-likeness (QED) is 0.634. The van der Waals surface area contributed by atoms with Crippen LogP contribution in [0.5, 0.6) is 0 Å². The van der Waals surface area contributed by atoms with Crippen molar-refractivity contribution in [3.63, 3.8) is 0 Å². The van der Waals surface area contributed by atoms with Gasteiger partial charge in [0.2, 0.25) is 0 Å². The van der Waals surface area contributed by atoms with E-state index < -0.39 is 0 Å². The summed E-state index contributed by atoms with van der Waals surface area (Å²) < 4.78 is 0. The SMILES string of the molecule is C=Cc1ccc(CCCC(N)CCCCC)cc1. The first-order chi connectivity index (χ1) is 8.76. The van der Waals surface area contributed by atoms with E-state index in [-0.39, 0.29) is 0 Å². The lowest BCUT2D eigenvalue weighted by Gasteiger charge is -2.11. The van der Waals surface area contributed by atoms with Crippen molar-refractivity contribution in [2.24, 2.45) is 5.73 Å². The van der Waals surface area contributed by atoms with Gasteiger partial charge in [-0.1, -0.05) is 63.1 Å². The zero-order valence-corrected chi connectivity index (χ0v) is 11.7. The zero-order valence-electron chi connectivity index (χ0n) is 11.7. The lowest BCUT2D eigenvalue weighted by Crippen LogP contribution is -2.19. The third-order valence-corrected chi connectivity index (χ3v) is 3.43. The lowest BCUT2D eigenvalue weighted by atomic mass is 10.0. The molecule has 0 fully saturated rings. The Kier molecular flexibility index (Phi) is 7.43. The van der Waals surface area contributed by atoms with Gasteiger partial charge in [-0.15, -0.1) is 0 Å². The number of hydrogen-bond donors (Lipinski definition) is 1. The molecule has 1 rings (SSSR count). The average Bonchev–Trinajstić information content (AvgIpc) is 2.40. The second-order valence-electron chi connectivity index (χ2n) is 5.09. The monoisotopic (exact) mass is 245 g/mol. The second kappa shape index (κ2) is 8.93. The first-order valence-corrected chi connectivity index (χ1v) is 7.23. The predicted molar refractivity (Wildman–Crippen MR) is 81.6 cm³/mol. The van der Waals surface area contributed by atoms with Gasteiger partial charge in [0.05, 0.1) is 0 Å². The molecule has 1 heteroatoms. The zero-order chi connectivity index (χ0) is 13.2. The first-order valence-electron chi connectivity index (χ1n) is 7.23. The maximum atomic E-state index is 6.11. The summed E-state index contributed by atoms with van der Waals surface area (Å²) in [6.45, 7) is 6.00. The largest absolute Gasteiger partial charge is 0.328 e. The van der Waals surface area contributed by atoms with Gasteiger partial charge in [0, 0.05) is 6.04 Å². The summed E-state index contributed by atoms with van der Waals surface area (Å²) in [6.07, 6.45) is 10.4. The standard InChI is InChI=1S/C17H27N/c1-3-5-6-9-17(18)10-7-8-16-13-11-15(4-2)12-14-16/h4,11-14,17H,2-3,5-10,18H2,1H3. The van der Waals surface area contributed by atoms with E-state index >= 15 is 0 Å². The predicted octanol–water partition coefficient (Wildman–Crippen LogP) is 4.56. The number of hydrogen-bond acceptors (Lipinski definition) is 1. The van der Waals surface area contributed by atoms with Crippen LogP contribution in [0.1, 0.15) is 56.6 Å². The van der Waals surface area contributed by atoms with Crippen LogP contribution in [0.15, 0.2) is 30.8 Å². The van der Waals surface area contributed by atoms with Gasteiger partial charge in [-0.05, 0) is 36.8 Å². The average molecular weight is 245 g/mol. The van der Waals surface area contributed by atoms with Crippen molar-refractivity contribution in [3.05, 3.63) is 42.0 Å². The summed E-state index contributed by atoms with van der Waals surface area (Å²) in [5, 5.41) is 0. The molecule has 0 radical (unpaired) electrons. The van der Waals surface area contributed by atoms with Crippen molar-refractivity contribution in [3.8, 4) is 0 Å². The summed E-state index contributed by atoms with van der Waals surface area (Å²) in [5.74, 6) is 0. The highest BCUT2D eigenvalue weighted by Gasteiger charge is 2.02. The van der Waals surface area contributed by atoms with Crippen LogP contribution in [0.2, 0.25) is 0 Å². The Bertz CT molecular complexity index is 326. The molecule has 0 saturated heterocycles. The van der Waals surface area contributed by atoms with E-state index in [0.29, 0.717) is 6.04 Å². The number of unbranched alkanes of at least 4 members (excludes halogenated alkanes) is 2. The van der Waals surface area contributed by atoms with Gasteiger partial charge in [0.25, 0.3) is 0 Å². The molecular weight excluding hydrogens is 218 g/mol. The minimum Gasteiger partial charge on any atom is -0.328 e. The maximum Gasteiger partial charge on any atom is 0.00389 e. The van der Waals surface area contributed by atoms with Crippen molar-refractivity contribution < 1.29 is 0 Å². The van der Waals surface area contributed by atoms with Gasteiger partial charge < -0.3 is 5.73 Å². The van der Waals surface area contributed by atoms with Gasteiger partial charge in [-0.3, -0.25) is 0 Å². The minimum absolute atomic E-state index is 0.393. The number of benzene rings is 1. The highest BCUT2D eigenvalue weighted by atomic mass is 14.6. The highest BCUT2D eigenvalue weighted by molar-refractivity contribution is 5.47. The minimum atomic E-state index is 0.393. The van der Waals surface area contributed by atoms with Gasteiger partial charge in [0.15, 0.2) is 0 Å². The van der Waals surface area contributed by atoms with Crippen molar-refractivity contribution in [2.75, 3.05) is 0 Å². The molecule has 1 unspecified atom stereocenters. The fourth-order valence-electron chi connectivity index (χ4n) is 2.19. The van der Waals surface area contributed by atoms with Crippen LogP contribution in [-0.2, 0) is 6.42 Å². The van der Waals surface area contributed by atoms with Crippen molar-refractivity contribution in [1.82, 2.24) is 0 Å². The lowest BCUT2D eigenvalue weighted by molar-refractivity contribution is 0.514. The van der Waals surface area contributed by atoms with Crippen LogP contribution < -0.4 is 5.73 Å². The molecule has 0 amide bonds. The molecule has 0 spiro atoms. The number of aryl methyl sites for hydroxylation is 1. The summed E-state index contributed by atoms with van der Waals surface area (Å²) in [7, 11) is 0. The molecule has 1 aromatic rings. The number of rotatable bonds is 9. The Hall–Kier alpha value is -1.08. The molecule has 0 saturated carbocycles. The molecule has 0 heterocycles. The smallest absolute Gasteiger partial charge is 0.00389 e. The molecule has 0 aliphatic rings. The van der Waals surface area contributed by atoms with Gasteiger partial charge in [-0.2, -0.15) is 0 Å². The maximum absolute atomic E-state index is 6.11. The van der Waals surface area contributed by atoms with E-state index in [4.69, 9.17) is 5.73 Å². The van der Waals surface area contributed by atoms with Crippen molar-refractivity contribution in [2.45, 2.75) is 57.9 Å². The van der Waals surface area contributed by atoms with E-state index in [2.05, 4.69) is 37.8 Å². The van der Waals surface area contributed by atoms with Crippen LogP contribution >= 0.6 is 0 Å². The first kappa shape index (κ1) is 15.0. The molecule has 1 nitrogen and oxygen atoms in total.